The van der Waals surface area contributed by atoms with Crippen LogP contribution in [0.2, 0.25) is 0 Å². The van der Waals surface area contributed by atoms with Crippen molar-refractivity contribution in [3.8, 4) is 0 Å². The lowest BCUT2D eigenvalue weighted by Crippen LogP contribution is -1.87. The molecule has 2 aromatic rings. The minimum atomic E-state index is 0.223. The van der Waals surface area contributed by atoms with E-state index in [2.05, 4.69) is 10.1 Å². The summed E-state index contributed by atoms with van der Waals surface area (Å²) in [7, 11) is 0. The number of fused-ring (bicyclic) bond motifs is 1. The molecule has 0 aliphatic heterocycles. The molecule has 12 heavy (non-hydrogen) atoms. The molecular formula is C8H7N3O. The molecule has 0 saturated carbocycles. The highest BCUT2D eigenvalue weighted by atomic mass is 16.1. The first kappa shape index (κ1) is 6.97. The van der Waals surface area contributed by atoms with Crippen molar-refractivity contribution in [1.29, 1.82) is 0 Å². The van der Waals surface area contributed by atoms with Crippen LogP contribution in [0.15, 0.2) is 18.3 Å². The van der Waals surface area contributed by atoms with E-state index >= 15 is 0 Å². The minimum absolute atomic E-state index is 0.223. The standard InChI is InChI=1S/C8H7N3O/c1-6-2-3-11-8(4-6)9-7(5-12)10-11/h2-5H,1H3. The molecule has 0 spiro atoms. The fourth-order valence-electron chi connectivity index (χ4n) is 1.05. The van der Waals surface area contributed by atoms with Crippen LogP contribution in [0.1, 0.15) is 16.2 Å². The summed E-state index contributed by atoms with van der Waals surface area (Å²) in [5, 5.41) is 3.91. The molecule has 0 N–H and O–H groups in total. The number of hydrogen-bond acceptors (Lipinski definition) is 3. The van der Waals surface area contributed by atoms with E-state index in [-0.39, 0.29) is 5.82 Å². The summed E-state index contributed by atoms with van der Waals surface area (Å²) in [6, 6.07) is 3.79. The molecule has 2 rings (SSSR count). The Kier molecular flexibility index (Phi) is 1.40. The number of pyridine rings is 1. The van der Waals surface area contributed by atoms with Gasteiger partial charge in [0, 0.05) is 6.20 Å². The van der Waals surface area contributed by atoms with Crippen molar-refractivity contribution in [2.24, 2.45) is 0 Å². The van der Waals surface area contributed by atoms with E-state index < -0.39 is 0 Å². The quantitative estimate of drug-likeness (QED) is 0.582. The summed E-state index contributed by atoms with van der Waals surface area (Å²) in [6.45, 7) is 1.97. The molecule has 0 atom stereocenters. The van der Waals surface area contributed by atoms with Crippen molar-refractivity contribution in [2.75, 3.05) is 0 Å². The average molecular weight is 161 g/mol. The predicted octanol–water partition coefficient (Wildman–Crippen LogP) is 0.850. The second-order valence-corrected chi connectivity index (χ2v) is 2.59. The molecule has 0 saturated heterocycles. The summed E-state index contributed by atoms with van der Waals surface area (Å²) in [5.74, 6) is 0.223. The average Bonchev–Trinajstić information content (AvgIpc) is 2.46. The molecule has 0 fully saturated rings. The molecule has 0 aliphatic rings. The third-order valence-corrected chi connectivity index (χ3v) is 1.61. The van der Waals surface area contributed by atoms with Crippen molar-refractivity contribution in [1.82, 2.24) is 14.6 Å². The molecular weight excluding hydrogens is 154 g/mol. The lowest BCUT2D eigenvalue weighted by atomic mass is 10.3. The molecule has 4 nitrogen and oxygen atoms in total. The molecule has 0 bridgehead atoms. The highest BCUT2D eigenvalue weighted by molar-refractivity contribution is 5.70. The zero-order valence-electron chi connectivity index (χ0n) is 6.56. The number of carbonyl (C=O) groups excluding carboxylic acids is 1. The van der Waals surface area contributed by atoms with E-state index in [1.165, 1.54) is 0 Å². The Bertz CT molecular complexity index is 433. The Hall–Kier alpha value is -1.71. The van der Waals surface area contributed by atoms with Gasteiger partial charge in [-0.2, -0.15) is 0 Å². The first-order valence-electron chi connectivity index (χ1n) is 3.58. The minimum Gasteiger partial charge on any atom is -0.294 e. The van der Waals surface area contributed by atoms with Crippen LogP contribution in [0.3, 0.4) is 0 Å². The molecule has 2 heterocycles. The summed E-state index contributed by atoms with van der Waals surface area (Å²) in [6.07, 6.45) is 2.42. The van der Waals surface area contributed by atoms with Crippen LogP contribution in [-0.4, -0.2) is 20.9 Å². The van der Waals surface area contributed by atoms with Gasteiger partial charge in [0.15, 0.2) is 11.9 Å². The zero-order valence-corrected chi connectivity index (χ0v) is 6.56. The zero-order chi connectivity index (χ0) is 8.55. The Morgan fingerprint density at radius 1 is 1.58 bits per heavy atom. The van der Waals surface area contributed by atoms with Crippen molar-refractivity contribution in [2.45, 2.75) is 6.92 Å². The van der Waals surface area contributed by atoms with Crippen molar-refractivity contribution >= 4 is 11.9 Å². The summed E-state index contributed by atoms with van der Waals surface area (Å²) in [5.41, 5.74) is 1.81. The van der Waals surface area contributed by atoms with Gasteiger partial charge in [-0.3, -0.25) is 4.79 Å². The molecule has 0 amide bonds. The van der Waals surface area contributed by atoms with Gasteiger partial charge >= 0.3 is 0 Å². The van der Waals surface area contributed by atoms with Crippen LogP contribution < -0.4 is 0 Å². The van der Waals surface area contributed by atoms with Crippen molar-refractivity contribution in [3.63, 3.8) is 0 Å². The van der Waals surface area contributed by atoms with Crippen LogP contribution in [0.25, 0.3) is 5.65 Å². The van der Waals surface area contributed by atoms with E-state index in [1.807, 2.05) is 19.1 Å². The van der Waals surface area contributed by atoms with Crippen LogP contribution >= 0.6 is 0 Å². The van der Waals surface area contributed by atoms with Gasteiger partial charge in [0.25, 0.3) is 0 Å². The Morgan fingerprint density at radius 3 is 3.17 bits per heavy atom. The Balaban J connectivity index is 2.75. The molecule has 0 radical (unpaired) electrons. The van der Waals surface area contributed by atoms with Crippen molar-refractivity contribution < 1.29 is 4.79 Å². The maximum absolute atomic E-state index is 10.3. The third kappa shape index (κ3) is 0.972. The monoisotopic (exact) mass is 161 g/mol. The molecule has 0 aliphatic carbocycles. The Labute approximate surface area is 68.8 Å². The van der Waals surface area contributed by atoms with Gasteiger partial charge in [-0.15, -0.1) is 5.10 Å². The van der Waals surface area contributed by atoms with E-state index in [4.69, 9.17) is 0 Å². The lowest BCUT2D eigenvalue weighted by Gasteiger charge is -1.90. The van der Waals surface area contributed by atoms with E-state index in [0.29, 0.717) is 11.9 Å². The lowest BCUT2D eigenvalue weighted by molar-refractivity contribution is 0.111. The van der Waals surface area contributed by atoms with Crippen LogP contribution in [-0.2, 0) is 0 Å². The fourth-order valence-corrected chi connectivity index (χ4v) is 1.05. The van der Waals surface area contributed by atoms with Gasteiger partial charge < -0.3 is 0 Å². The first-order valence-corrected chi connectivity index (χ1v) is 3.58. The number of hydrogen-bond donors (Lipinski definition) is 0. The van der Waals surface area contributed by atoms with Gasteiger partial charge in [0.1, 0.15) is 0 Å². The number of aldehydes is 1. The maximum Gasteiger partial charge on any atom is 0.214 e. The predicted molar refractivity (Wildman–Crippen MR) is 43.1 cm³/mol. The second-order valence-electron chi connectivity index (χ2n) is 2.59. The Morgan fingerprint density at radius 2 is 2.42 bits per heavy atom. The third-order valence-electron chi connectivity index (χ3n) is 1.61. The second kappa shape index (κ2) is 2.41. The first-order chi connectivity index (χ1) is 5.79. The topological polar surface area (TPSA) is 47.3 Å². The van der Waals surface area contributed by atoms with E-state index in [0.717, 1.165) is 5.56 Å². The number of aromatic nitrogens is 3. The molecule has 4 heteroatoms. The van der Waals surface area contributed by atoms with Crippen LogP contribution in [0.5, 0.6) is 0 Å². The van der Waals surface area contributed by atoms with E-state index in [1.54, 1.807) is 10.7 Å². The molecule has 60 valence electrons. The van der Waals surface area contributed by atoms with Crippen LogP contribution in [0.4, 0.5) is 0 Å². The normalized spacial score (nSPS) is 10.4. The van der Waals surface area contributed by atoms with Crippen LogP contribution in [0, 0.1) is 6.92 Å². The highest BCUT2D eigenvalue weighted by Gasteiger charge is 2.00. The summed E-state index contributed by atoms with van der Waals surface area (Å²) >= 11 is 0. The summed E-state index contributed by atoms with van der Waals surface area (Å²) < 4.78 is 1.58. The summed E-state index contributed by atoms with van der Waals surface area (Å²) in [4.78, 5) is 14.3. The molecule has 0 aromatic carbocycles. The molecule has 0 unspecified atom stereocenters. The maximum atomic E-state index is 10.3. The van der Waals surface area contributed by atoms with Gasteiger partial charge in [-0.1, -0.05) is 0 Å². The molecule has 2 aromatic heterocycles. The number of rotatable bonds is 1. The van der Waals surface area contributed by atoms with Gasteiger partial charge in [-0.05, 0) is 24.6 Å². The van der Waals surface area contributed by atoms with Gasteiger partial charge in [0.05, 0.1) is 0 Å². The fraction of sp³-hybridized carbons (Fsp3) is 0.125. The number of carbonyl (C=O) groups is 1. The number of nitrogens with zero attached hydrogens (tertiary/aromatic N) is 3. The SMILES string of the molecule is Cc1ccn2nc(C=O)nc2c1. The van der Waals surface area contributed by atoms with E-state index in [9.17, 15) is 4.79 Å². The van der Waals surface area contributed by atoms with Gasteiger partial charge in [-0.25, -0.2) is 9.50 Å². The smallest absolute Gasteiger partial charge is 0.214 e. The van der Waals surface area contributed by atoms with Crippen molar-refractivity contribution in [3.05, 3.63) is 29.7 Å². The largest absolute Gasteiger partial charge is 0.294 e. The number of aryl methyl sites for hydroxylation is 1. The van der Waals surface area contributed by atoms with Gasteiger partial charge in [0.2, 0.25) is 5.82 Å². The highest BCUT2D eigenvalue weighted by Crippen LogP contribution is 2.02.